The fourth-order valence-electron chi connectivity index (χ4n) is 1.69. The molecule has 2 aromatic rings. The quantitative estimate of drug-likeness (QED) is 0.406. The van der Waals surface area contributed by atoms with E-state index in [0.717, 1.165) is 0 Å². The van der Waals surface area contributed by atoms with Crippen molar-refractivity contribution in [1.82, 2.24) is 20.1 Å². The van der Waals surface area contributed by atoms with Crippen LogP contribution in [0.3, 0.4) is 0 Å². The molecule has 0 aliphatic rings. The molecule has 2 rings (SSSR count). The molecule has 0 saturated carbocycles. The Balaban J connectivity index is 1.86. The van der Waals surface area contributed by atoms with Crippen molar-refractivity contribution in [2.24, 2.45) is 5.84 Å². The number of nitrogens with one attached hydrogen (secondary N) is 2. The third-order valence-corrected chi connectivity index (χ3v) is 2.68. The Labute approximate surface area is 115 Å². The van der Waals surface area contributed by atoms with E-state index < -0.39 is 11.7 Å². The van der Waals surface area contributed by atoms with Crippen molar-refractivity contribution in [2.75, 3.05) is 12.0 Å². The van der Waals surface area contributed by atoms with Crippen molar-refractivity contribution in [3.8, 4) is 0 Å². The SMILES string of the molecule is NNc1nccc(C(=O)NCCCn2cccn2)c1F. The van der Waals surface area contributed by atoms with E-state index in [4.69, 9.17) is 5.84 Å². The average Bonchev–Trinajstić information content (AvgIpc) is 2.97. The molecule has 0 saturated heterocycles. The van der Waals surface area contributed by atoms with Gasteiger partial charge in [-0.3, -0.25) is 9.48 Å². The highest BCUT2D eigenvalue weighted by molar-refractivity contribution is 5.95. The fraction of sp³-hybridized carbons (Fsp3) is 0.250. The third-order valence-electron chi connectivity index (χ3n) is 2.68. The Kier molecular flexibility index (Phi) is 4.61. The van der Waals surface area contributed by atoms with Gasteiger partial charge in [0.1, 0.15) is 0 Å². The highest BCUT2D eigenvalue weighted by atomic mass is 19.1. The van der Waals surface area contributed by atoms with Crippen LogP contribution < -0.4 is 16.6 Å². The molecule has 106 valence electrons. The number of hydrazine groups is 1. The van der Waals surface area contributed by atoms with Gasteiger partial charge in [0.2, 0.25) is 0 Å². The van der Waals surface area contributed by atoms with Gasteiger partial charge < -0.3 is 10.7 Å². The van der Waals surface area contributed by atoms with Crippen molar-refractivity contribution in [1.29, 1.82) is 0 Å². The van der Waals surface area contributed by atoms with Crippen LogP contribution in [-0.2, 0) is 6.54 Å². The number of halogens is 1. The molecule has 0 aromatic carbocycles. The number of nitrogens with zero attached hydrogens (tertiary/aromatic N) is 3. The highest BCUT2D eigenvalue weighted by Gasteiger charge is 2.14. The molecule has 8 heteroatoms. The van der Waals surface area contributed by atoms with E-state index in [1.807, 2.05) is 12.3 Å². The predicted molar refractivity (Wildman–Crippen MR) is 71.2 cm³/mol. The van der Waals surface area contributed by atoms with E-state index >= 15 is 0 Å². The van der Waals surface area contributed by atoms with Gasteiger partial charge in [-0.05, 0) is 18.6 Å². The van der Waals surface area contributed by atoms with Gasteiger partial charge in [0.25, 0.3) is 5.91 Å². The number of aryl methyl sites for hydroxylation is 1. The van der Waals surface area contributed by atoms with E-state index in [1.165, 1.54) is 12.3 Å². The van der Waals surface area contributed by atoms with Crippen LogP contribution in [0.1, 0.15) is 16.8 Å². The second-order valence-corrected chi connectivity index (χ2v) is 4.04. The summed E-state index contributed by atoms with van der Waals surface area (Å²) >= 11 is 0. The molecule has 0 bridgehead atoms. The number of rotatable bonds is 6. The van der Waals surface area contributed by atoms with Crippen molar-refractivity contribution < 1.29 is 9.18 Å². The van der Waals surface area contributed by atoms with Crippen LogP contribution in [0.2, 0.25) is 0 Å². The van der Waals surface area contributed by atoms with E-state index in [9.17, 15) is 9.18 Å². The summed E-state index contributed by atoms with van der Waals surface area (Å²) in [5.41, 5.74) is 2.01. The van der Waals surface area contributed by atoms with Crippen LogP contribution in [0, 0.1) is 5.82 Å². The summed E-state index contributed by atoms with van der Waals surface area (Å²) in [5, 5.41) is 6.68. The van der Waals surface area contributed by atoms with Gasteiger partial charge in [0.15, 0.2) is 11.6 Å². The first-order chi connectivity index (χ1) is 9.72. The minimum atomic E-state index is -0.764. The zero-order valence-electron chi connectivity index (χ0n) is 10.7. The summed E-state index contributed by atoms with van der Waals surface area (Å²) in [6, 6.07) is 3.13. The van der Waals surface area contributed by atoms with Gasteiger partial charge in [-0.15, -0.1) is 0 Å². The second-order valence-electron chi connectivity index (χ2n) is 4.04. The Bertz CT molecular complexity index is 571. The first kappa shape index (κ1) is 13.9. The van der Waals surface area contributed by atoms with Crippen molar-refractivity contribution in [3.05, 3.63) is 42.1 Å². The van der Waals surface area contributed by atoms with Gasteiger partial charge >= 0.3 is 0 Å². The third kappa shape index (κ3) is 3.29. The molecule has 0 unspecified atom stereocenters. The van der Waals surface area contributed by atoms with Crippen molar-refractivity contribution in [2.45, 2.75) is 13.0 Å². The van der Waals surface area contributed by atoms with Crippen LogP contribution in [0.4, 0.5) is 10.2 Å². The zero-order chi connectivity index (χ0) is 14.4. The molecule has 0 aliphatic heterocycles. The summed E-state index contributed by atoms with van der Waals surface area (Å²) < 4.78 is 15.5. The lowest BCUT2D eigenvalue weighted by Gasteiger charge is -2.08. The lowest BCUT2D eigenvalue weighted by atomic mass is 10.2. The lowest BCUT2D eigenvalue weighted by molar-refractivity contribution is 0.0948. The number of hydrogen-bond acceptors (Lipinski definition) is 5. The van der Waals surface area contributed by atoms with Gasteiger partial charge in [0.05, 0.1) is 5.56 Å². The van der Waals surface area contributed by atoms with Gasteiger partial charge in [0, 0.05) is 31.7 Å². The molecule has 2 aromatic heterocycles. The zero-order valence-corrected chi connectivity index (χ0v) is 10.7. The largest absolute Gasteiger partial charge is 0.352 e. The fourth-order valence-corrected chi connectivity index (χ4v) is 1.69. The lowest BCUT2D eigenvalue weighted by Crippen LogP contribution is -2.27. The van der Waals surface area contributed by atoms with Crippen molar-refractivity contribution >= 4 is 11.7 Å². The molecule has 4 N–H and O–H groups in total. The van der Waals surface area contributed by atoms with Crippen LogP contribution in [0.15, 0.2) is 30.7 Å². The summed E-state index contributed by atoms with van der Waals surface area (Å²) in [6.45, 7) is 1.10. The molecule has 0 fully saturated rings. The molecule has 20 heavy (non-hydrogen) atoms. The molecular formula is C12H15FN6O. The summed E-state index contributed by atoms with van der Waals surface area (Å²) in [6.07, 6.45) is 5.54. The molecular weight excluding hydrogens is 263 g/mol. The number of amides is 1. The van der Waals surface area contributed by atoms with Crippen LogP contribution >= 0.6 is 0 Å². The number of nitrogens with two attached hydrogens (primary N) is 1. The summed E-state index contributed by atoms with van der Waals surface area (Å²) in [7, 11) is 0. The molecule has 2 heterocycles. The minimum absolute atomic E-state index is 0.0907. The number of hydrogen-bond donors (Lipinski definition) is 3. The molecule has 0 atom stereocenters. The number of anilines is 1. The first-order valence-electron chi connectivity index (χ1n) is 6.09. The van der Waals surface area contributed by atoms with E-state index in [1.54, 1.807) is 10.9 Å². The predicted octanol–water partition coefficient (Wildman–Crippen LogP) is 0.523. The molecule has 0 radical (unpaired) electrons. The molecule has 7 nitrogen and oxygen atoms in total. The van der Waals surface area contributed by atoms with Crippen molar-refractivity contribution in [3.63, 3.8) is 0 Å². The Morgan fingerprint density at radius 1 is 1.45 bits per heavy atom. The summed E-state index contributed by atoms with van der Waals surface area (Å²) in [4.78, 5) is 15.5. The maximum atomic E-state index is 13.8. The van der Waals surface area contributed by atoms with Gasteiger partial charge in [-0.25, -0.2) is 15.2 Å². The number of aromatic nitrogens is 3. The van der Waals surface area contributed by atoms with E-state index in [-0.39, 0.29) is 11.4 Å². The van der Waals surface area contributed by atoms with E-state index in [0.29, 0.717) is 19.5 Å². The van der Waals surface area contributed by atoms with Crippen LogP contribution in [0.25, 0.3) is 0 Å². The molecule has 1 amide bonds. The van der Waals surface area contributed by atoms with Crippen LogP contribution in [0.5, 0.6) is 0 Å². The maximum Gasteiger partial charge on any atom is 0.254 e. The topological polar surface area (TPSA) is 97.9 Å². The summed E-state index contributed by atoms with van der Waals surface area (Å²) in [5.74, 6) is 3.68. The maximum absolute atomic E-state index is 13.8. The smallest absolute Gasteiger partial charge is 0.254 e. The van der Waals surface area contributed by atoms with Crippen LogP contribution in [-0.4, -0.2) is 27.2 Å². The van der Waals surface area contributed by atoms with Gasteiger partial charge in [-0.1, -0.05) is 0 Å². The molecule has 0 aliphatic carbocycles. The minimum Gasteiger partial charge on any atom is -0.352 e. The first-order valence-corrected chi connectivity index (χ1v) is 6.09. The number of carbonyl (C=O) groups is 1. The number of carbonyl (C=O) groups excluding carboxylic acids is 1. The Morgan fingerprint density at radius 3 is 3.00 bits per heavy atom. The Morgan fingerprint density at radius 2 is 2.30 bits per heavy atom. The molecule has 0 spiro atoms. The second kappa shape index (κ2) is 6.62. The van der Waals surface area contributed by atoms with Gasteiger partial charge in [-0.2, -0.15) is 5.10 Å². The normalized spacial score (nSPS) is 10.3. The monoisotopic (exact) mass is 278 g/mol. The van der Waals surface area contributed by atoms with E-state index in [2.05, 4.69) is 20.8 Å². The average molecular weight is 278 g/mol. The highest BCUT2D eigenvalue weighted by Crippen LogP contribution is 2.13. The number of pyridine rings is 1. The standard InChI is InChI=1S/C12H15FN6O/c13-10-9(3-6-15-11(10)18-14)12(20)16-4-1-7-19-8-2-5-17-19/h2-3,5-6,8H,1,4,7,14H2,(H,15,18)(H,16,20). The number of nitrogen functional groups attached to an aromatic ring is 1. The Hall–Kier alpha value is -2.48.